The van der Waals surface area contributed by atoms with Crippen LogP contribution in [0.15, 0.2) is 0 Å². The quantitative estimate of drug-likeness (QED) is 0.495. The topological polar surface area (TPSA) is 0 Å². The Bertz CT molecular complexity index is 10.8. The minimum Gasteiger partial charge on any atom is -0.214 e. The van der Waals surface area contributed by atoms with Crippen LogP contribution in [-0.2, 0) is 0 Å². The molecule has 0 bridgehead atoms. The summed E-state index contributed by atoms with van der Waals surface area (Å²) < 4.78 is 0. The first kappa shape index (κ1) is 15.8. The zero-order chi connectivity index (χ0) is 3.58. The molecule has 0 aliphatic rings. The van der Waals surface area contributed by atoms with E-state index in [1.54, 1.807) is 0 Å². The van der Waals surface area contributed by atoms with E-state index < -0.39 is 11.4 Å². The molecule has 0 N–H and O–H groups in total. The van der Waals surface area contributed by atoms with E-state index in [9.17, 15) is 0 Å². The summed E-state index contributed by atoms with van der Waals surface area (Å²) in [4.78, 5) is 0. The Morgan fingerprint density at radius 2 is 0.833 bits per heavy atom. The summed E-state index contributed by atoms with van der Waals surface area (Å²) in [6.45, 7) is 0. The van der Waals surface area contributed by atoms with Gasteiger partial charge in [0.1, 0.15) is 0 Å². The summed E-state index contributed by atoms with van der Waals surface area (Å²) in [6, 6.07) is 0. The fourth-order valence-electron chi connectivity index (χ4n) is 0. The highest BCUT2D eigenvalue weighted by atomic mass is 35.8. The minimum atomic E-state index is -1.72. The minimum absolute atomic E-state index is 0. The molecule has 0 aromatic rings. The molecule has 30 valence electrons. The maximum atomic E-state index is 4.94. The molecule has 0 aliphatic carbocycles. The summed E-state index contributed by atoms with van der Waals surface area (Å²) in [6.07, 6.45) is 0. The van der Waals surface area contributed by atoms with Gasteiger partial charge in [0, 0.05) is 34.7 Å². The highest BCUT2D eigenvalue weighted by molar-refractivity contribution is 7.54. The third kappa shape index (κ3) is 31.8. The Balaban J connectivity index is -0.0000000450. The second-order valence-corrected chi connectivity index (χ2v) is 6.68. The molecule has 0 aliphatic heterocycles. The monoisotopic (exact) mass is 186 g/mol. The van der Waals surface area contributed by atoms with E-state index in [0.717, 1.165) is 0 Å². The van der Waals surface area contributed by atoms with Gasteiger partial charge in [0.15, 0.2) is 0 Å². The van der Waals surface area contributed by atoms with Crippen molar-refractivity contribution in [3.05, 3.63) is 0 Å². The van der Waals surface area contributed by atoms with E-state index in [1.165, 1.54) is 0 Å². The highest BCUT2D eigenvalue weighted by Gasteiger charge is 2.00. The first-order valence-electron chi connectivity index (χ1n) is 0.655. The molecule has 0 saturated carbocycles. The van der Waals surface area contributed by atoms with Crippen LogP contribution in [0.25, 0.3) is 0 Å². The smallest absolute Gasteiger partial charge is 0.214 e. The van der Waals surface area contributed by atoms with Crippen LogP contribution in [0.3, 0.4) is 0 Å². The Labute approximate surface area is 75.4 Å². The van der Waals surface area contributed by atoms with E-state index in [1.807, 2.05) is 0 Å². The number of hydrogen-bond donors (Lipinski definition) is 0. The Morgan fingerprint density at radius 1 is 0.833 bits per heavy atom. The summed E-state index contributed by atoms with van der Waals surface area (Å²) in [5.41, 5.74) is 0. The summed E-state index contributed by atoms with van der Waals surface area (Å²) in [7, 11) is 14.8. The molecule has 0 aromatic heterocycles. The predicted molar refractivity (Wildman–Crippen MR) is 34.8 cm³/mol. The number of hydrogen-bond acceptors (Lipinski definition) is 0. The highest BCUT2D eigenvalue weighted by Crippen LogP contribution is 1.97. The zero-order valence-corrected chi connectivity index (χ0v) is 8.60. The molecule has 6 heteroatoms. The average Bonchev–Trinajstić information content (AvgIpc) is 0.811. The Morgan fingerprint density at radius 3 is 0.833 bits per heavy atom. The standard InChI is InChI=1S/3Al.3ClH/h;;;3*1H/q;;+3;;;/p-3. The van der Waals surface area contributed by atoms with Crippen molar-refractivity contribution >= 4 is 76.3 Å². The molecule has 0 saturated heterocycles. The molecule has 0 aromatic carbocycles. The maximum absolute atomic E-state index is 4.94. The van der Waals surface area contributed by atoms with Crippen LogP contribution in [0.1, 0.15) is 0 Å². The van der Waals surface area contributed by atoms with Gasteiger partial charge >= 0.3 is 11.4 Å². The normalized spacial score (nSPS) is 4.50. The van der Waals surface area contributed by atoms with Crippen molar-refractivity contribution in [2.75, 3.05) is 0 Å². The molecule has 0 rings (SSSR count). The van der Waals surface area contributed by atoms with Crippen LogP contribution in [-0.4, -0.2) is 46.1 Å². The fourth-order valence-corrected chi connectivity index (χ4v) is 0. The maximum Gasteiger partial charge on any atom is 0.643 e. The average molecular weight is 187 g/mol. The van der Waals surface area contributed by atoms with Gasteiger partial charge in [-0.1, -0.05) is 0 Å². The van der Waals surface area contributed by atoms with Crippen LogP contribution in [0.2, 0.25) is 0 Å². The van der Waals surface area contributed by atoms with Gasteiger partial charge < -0.3 is 0 Å². The van der Waals surface area contributed by atoms with E-state index in [2.05, 4.69) is 0 Å². The van der Waals surface area contributed by atoms with E-state index in [-0.39, 0.29) is 34.7 Å². The van der Waals surface area contributed by atoms with Crippen molar-refractivity contribution in [3.8, 4) is 0 Å². The first-order chi connectivity index (χ1) is 1.73. The molecule has 0 amide bonds. The largest absolute Gasteiger partial charge is 0.643 e. The predicted octanol–water partition coefficient (Wildman–Crippen LogP) is 0.926. The summed E-state index contributed by atoms with van der Waals surface area (Å²) in [5, 5.41) is 0. The molecule has 6 heavy (non-hydrogen) atoms. The van der Waals surface area contributed by atoms with Crippen molar-refractivity contribution in [2.24, 2.45) is 0 Å². The number of halogens is 3. The zero-order valence-electron chi connectivity index (χ0n) is 2.87. The molecule has 0 atom stereocenters. The van der Waals surface area contributed by atoms with Crippen molar-refractivity contribution in [1.29, 1.82) is 0 Å². The van der Waals surface area contributed by atoms with Gasteiger partial charge in [0.2, 0.25) is 0 Å². The van der Waals surface area contributed by atoms with Crippen LogP contribution in [0, 0.1) is 0 Å². The lowest BCUT2D eigenvalue weighted by Crippen LogP contribution is -1.66. The third-order valence-corrected chi connectivity index (χ3v) is 0. The molecule has 0 fully saturated rings. The lowest BCUT2D eigenvalue weighted by Gasteiger charge is -1.57. The Kier molecular flexibility index (Phi) is 27.5. The lowest BCUT2D eigenvalue weighted by atomic mass is 26.6. The molecular formula is Al3Cl3. The second kappa shape index (κ2) is 10.4. The van der Waals surface area contributed by atoms with Crippen molar-refractivity contribution in [1.82, 2.24) is 0 Å². The molecule has 0 unspecified atom stereocenters. The van der Waals surface area contributed by atoms with Crippen LogP contribution in [0.5, 0.6) is 0 Å². The van der Waals surface area contributed by atoms with Gasteiger partial charge in [0.05, 0.1) is 0 Å². The molecule has 0 heterocycles. The molecular weight excluding hydrogens is 187 g/mol. The SMILES string of the molecule is [Al].[Al].[Cl][Al]([Cl])[Cl]. The number of rotatable bonds is 0. The van der Waals surface area contributed by atoms with Crippen LogP contribution < -0.4 is 0 Å². The Hall–Kier alpha value is 2.47. The van der Waals surface area contributed by atoms with Crippen molar-refractivity contribution in [2.45, 2.75) is 0 Å². The first-order valence-corrected chi connectivity index (χ1v) is 5.89. The summed E-state index contributed by atoms with van der Waals surface area (Å²) >= 11 is -1.72. The fraction of sp³-hybridized carbons (Fsp3) is 0. The van der Waals surface area contributed by atoms with Gasteiger partial charge in [-0.2, -0.15) is 0 Å². The van der Waals surface area contributed by atoms with E-state index in [0.29, 0.717) is 0 Å². The van der Waals surface area contributed by atoms with E-state index in [4.69, 9.17) is 30.1 Å². The van der Waals surface area contributed by atoms with Gasteiger partial charge in [-0.25, -0.2) is 30.1 Å². The van der Waals surface area contributed by atoms with Crippen LogP contribution >= 0.6 is 30.1 Å². The van der Waals surface area contributed by atoms with Gasteiger partial charge in [-0.15, -0.1) is 0 Å². The molecule has 6 radical (unpaired) electrons. The van der Waals surface area contributed by atoms with E-state index >= 15 is 0 Å². The summed E-state index contributed by atoms with van der Waals surface area (Å²) in [5.74, 6) is 0. The lowest BCUT2D eigenvalue weighted by molar-refractivity contribution is 4.07. The van der Waals surface area contributed by atoms with Gasteiger partial charge in [-0.05, 0) is 0 Å². The van der Waals surface area contributed by atoms with Crippen molar-refractivity contribution < 1.29 is 0 Å². The van der Waals surface area contributed by atoms with Gasteiger partial charge in [-0.3, -0.25) is 0 Å². The second-order valence-electron chi connectivity index (χ2n) is 0.247. The van der Waals surface area contributed by atoms with Crippen molar-refractivity contribution in [3.63, 3.8) is 0 Å². The molecule has 0 nitrogen and oxygen atoms in total. The van der Waals surface area contributed by atoms with Crippen LogP contribution in [0.4, 0.5) is 0 Å². The third-order valence-electron chi connectivity index (χ3n) is 0. The van der Waals surface area contributed by atoms with Gasteiger partial charge in [0.25, 0.3) is 0 Å². The molecule has 0 spiro atoms.